The van der Waals surface area contributed by atoms with Gasteiger partial charge in [-0.2, -0.15) is 5.10 Å². The Hall–Kier alpha value is -0.910. The third-order valence-electron chi connectivity index (χ3n) is 3.55. The van der Waals surface area contributed by atoms with Crippen molar-refractivity contribution in [3.05, 3.63) is 18.0 Å². The first-order chi connectivity index (χ1) is 8.64. The van der Waals surface area contributed by atoms with Crippen LogP contribution in [0.2, 0.25) is 0 Å². The normalized spacial score (nSPS) is 25.5. The molecule has 5 nitrogen and oxygen atoms in total. The molecule has 1 saturated heterocycles. The molecule has 1 fully saturated rings. The predicted molar refractivity (Wildman–Crippen MR) is 69.3 cm³/mol. The molecule has 1 unspecified atom stereocenters. The largest absolute Gasteiger partial charge is 0.396 e. The second kappa shape index (κ2) is 5.82. The molecule has 1 aromatic heterocycles. The highest BCUT2D eigenvalue weighted by atomic mass is 16.5. The van der Waals surface area contributed by atoms with Gasteiger partial charge < -0.3 is 9.84 Å². The van der Waals surface area contributed by atoms with Crippen LogP contribution in [0.1, 0.15) is 25.3 Å². The number of aromatic nitrogens is 2. The lowest BCUT2D eigenvalue weighted by Gasteiger charge is -2.40. The summed E-state index contributed by atoms with van der Waals surface area (Å²) in [5.74, 6) is 0. The summed E-state index contributed by atoms with van der Waals surface area (Å²) in [6.45, 7) is 6.06. The van der Waals surface area contributed by atoms with Crippen molar-refractivity contribution in [2.75, 3.05) is 32.8 Å². The molecule has 2 rings (SSSR count). The van der Waals surface area contributed by atoms with Crippen LogP contribution >= 0.6 is 0 Å². The number of nitrogens with zero attached hydrogens (tertiary/aromatic N) is 3. The molecule has 2 heterocycles. The van der Waals surface area contributed by atoms with Gasteiger partial charge in [-0.1, -0.05) is 0 Å². The number of ether oxygens (including phenoxy) is 1. The lowest BCUT2D eigenvalue weighted by atomic mass is 9.97. The van der Waals surface area contributed by atoms with Gasteiger partial charge in [-0.05, 0) is 26.3 Å². The van der Waals surface area contributed by atoms with Gasteiger partial charge in [-0.3, -0.25) is 9.58 Å². The maximum Gasteiger partial charge on any atom is 0.106 e. The molecule has 1 atom stereocenters. The van der Waals surface area contributed by atoms with E-state index >= 15 is 0 Å². The summed E-state index contributed by atoms with van der Waals surface area (Å²) < 4.78 is 7.77. The molecule has 1 aliphatic heterocycles. The van der Waals surface area contributed by atoms with Crippen molar-refractivity contribution in [3.8, 4) is 0 Å². The Kier molecular flexibility index (Phi) is 4.37. The third kappa shape index (κ3) is 3.10. The number of rotatable bonds is 5. The fraction of sp³-hybridized carbons (Fsp3) is 0.769. The molecular weight excluding hydrogens is 230 g/mol. The molecule has 1 aromatic rings. The molecule has 0 aromatic carbocycles. The summed E-state index contributed by atoms with van der Waals surface area (Å²) in [6, 6.07) is 0. The van der Waals surface area contributed by atoms with Crippen LogP contribution in [0.3, 0.4) is 0 Å². The number of morpholine rings is 1. The van der Waals surface area contributed by atoms with Gasteiger partial charge in [0.15, 0.2) is 0 Å². The van der Waals surface area contributed by atoms with Crippen LogP contribution in [-0.2, 0) is 17.4 Å². The van der Waals surface area contributed by atoms with E-state index in [9.17, 15) is 0 Å². The van der Waals surface area contributed by atoms with E-state index in [1.165, 1.54) is 0 Å². The van der Waals surface area contributed by atoms with Gasteiger partial charge >= 0.3 is 0 Å². The summed E-state index contributed by atoms with van der Waals surface area (Å²) in [5.41, 5.74) is 0.878. The second-order valence-corrected chi connectivity index (χ2v) is 5.19. The van der Waals surface area contributed by atoms with Gasteiger partial charge in [0.25, 0.3) is 0 Å². The van der Waals surface area contributed by atoms with Gasteiger partial charge in [0.2, 0.25) is 0 Å². The van der Waals surface area contributed by atoms with Crippen molar-refractivity contribution in [1.29, 1.82) is 0 Å². The van der Waals surface area contributed by atoms with Crippen LogP contribution in [0.4, 0.5) is 0 Å². The molecule has 0 aliphatic carbocycles. The minimum atomic E-state index is -0.258. The molecule has 5 heteroatoms. The second-order valence-electron chi connectivity index (χ2n) is 5.19. The van der Waals surface area contributed by atoms with Gasteiger partial charge in [-0.15, -0.1) is 0 Å². The Morgan fingerprint density at radius 2 is 2.33 bits per heavy atom. The number of aliphatic hydroxyl groups is 1. The van der Waals surface area contributed by atoms with Crippen LogP contribution in [-0.4, -0.2) is 52.6 Å². The fourth-order valence-corrected chi connectivity index (χ4v) is 2.46. The molecule has 0 bridgehead atoms. The highest BCUT2D eigenvalue weighted by molar-refractivity contribution is 5.16. The Labute approximate surface area is 108 Å². The molecule has 18 heavy (non-hydrogen) atoms. The number of hydrogen-bond donors (Lipinski definition) is 1. The molecule has 0 spiro atoms. The summed E-state index contributed by atoms with van der Waals surface area (Å²) in [4.78, 5) is 2.41. The van der Waals surface area contributed by atoms with Gasteiger partial charge in [0, 0.05) is 38.5 Å². The van der Waals surface area contributed by atoms with E-state index in [4.69, 9.17) is 9.84 Å². The van der Waals surface area contributed by atoms with Crippen LogP contribution in [0.25, 0.3) is 0 Å². The standard InChI is InChI=1S/C13H23N3O2/c1-13(12-9-14-15(2)10-12)11-16(6-8-18-13)5-3-4-7-17/h9-10,17H,3-8,11H2,1-2H3. The number of aryl methyl sites for hydroxylation is 1. The average molecular weight is 253 g/mol. The minimum Gasteiger partial charge on any atom is -0.396 e. The minimum absolute atomic E-state index is 0.258. The quantitative estimate of drug-likeness (QED) is 0.786. The van der Waals surface area contributed by atoms with Crippen LogP contribution in [0.5, 0.6) is 0 Å². The summed E-state index contributed by atoms with van der Waals surface area (Å²) in [5, 5.41) is 13.0. The SMILES string of the molecule is Cn1cc(C2(C)CN(CCCCO)CCO2)cn1. The Bertz CT molecular complexity index is 380. The Balaban J connectivity index is 1.96. The highest BCUT2D eigenvalue weighted by Crippen LogP contribution is 2.29. The van der Waals surface area contributed by atoms with Crippen molar-refractivity contribution in [2.45, 2.75) is 25.4 Å². The van der Waals surface area contributed by atoms with Crippen molar-refractivity contribution >= 4 is 0 Å². The summed E-state index contributed by atoms with van der Waals surface area (Å²) >= 11 is 0. The summed E-state index contributed by atoms with van der Waals surface area (Å²) in [7, 11) is 1.93. The number of aliphatic hydroxyl groups excluding tert-OH is 1. The first-order valence-electron chi connectivity index (χ1n) is 6.60. The third-order valence-corrected chi connectivity index (χ3v) is 3.55. The maximum atomic E-state index is 8.82. The lowest BCUT2D eigenvalue weighted by Crippen LogP contribution is -2.48. The van der Waals surface area contributed by atoms with E-state index in [1.807, 2.05) is 24.1 Å². The van der Waals surface area contributed by atoms with Gasteiger partial charge in [0.1, 0.15) is 5.60 Å². The topological polar surface area (TPSA) is 50.5 Å². The zero-order valence-corrected chi connectivity index (χ0v) is 11.3. The van der Waals surface area contributed by atoms with E-state index < -0.39 is 0 Å². The Morgan fingerprint density at radius 1 is 1.50 bits per heavy atom. The van der Waals surface area contributed by atoms with Crippen molar-refractivity contribution < 1.29 is 9.84 Å². The first-order valence-corrected chi connectivity index (χ1v) is 6.60. The van der Waals surface area contributed by atoms with E-state index in [0.717, 1.165) is 44.6 Å². The van der Waals surface area contributed by atoms with Crippen LogP contribution in [0.15, 0.2) is 12.4 Å². The van der Waals surface area contributed by atoms with Gasteiger partial charge in [-0.25, -0.2) is 0 Å². The van der Waals surface area contributed by atoms with Gasteiger partial charge in [0.05, 0.1) is 12.8 Å². The fourth-order valence-electron chi connectivity index (χ4n) is 2.46. The molecule has 102 valence electrons. The lowest BCUT2D eigenvalue weighted by molar-refractivity contribution is -0.103. The van der Waals surface area contributed by atoms with E-state index in [2.05, 4.69) is 16.9 Å². The predicted octanol–water partition coefficient (Wildman–Crippen LogP) is 0.740. The molecule has 0 amide bonds. The molecule has 0 radical (unpaired) electrons. The smallest absolute Gasteiger partial charge is 0.106 e. The number of hydrogen-bond acceptors (Lipinski definition) is 4. The monoisotopic (exact) mass is 253 g/mol. The molecule has 0 saturated carbocycles. The highest BCUT2D eigenvalue weighted by Gasteiger charge is 2.34. The zero-order chi connectivity index (χ0) is 13.0. The van der Waals surface area contributed by atoms with Crippen LogP contribution in [0, 0.1) is 0 Å². The van der Waals surface area contributed by atoms with E-state index in [-0.39, 0.29) is 12.2 Å². The maximum absolute atomic E-state index is 8.82. The zero-order valence-electron chi connectivity index (χ0n) is 11.3. The Morgan fingerprint density at radius 3 is 3.00 bits per heavy atom. The average Bonchev–Trinajstić information content (AvgIpc) is 2.77. The molecular formula is C13H23N3O2. The van der Waals surface area contributed by atoms with Crippen molar-refractivity contribution in [1.82, 2.24) is 14.7 Å². The van der Waals surface area contributed by atoms with Crippen LogP contribution < -0.4 is 0 Å². The summed E-state index contributed by atoms with van der Waals surface area (Å²) in [6.07, 6.45) is 5.83. The van der Waals surface area contributed by atoms with E-state index in [1.54, 1.807) is 0 Å². The molecule has 1 N–H and O–H groups in total. The van der Waals surface area contributed by atoms with E-state index in [0.29, 0.717) is 0 Å². The van der Waals surface area contributed by atoms with Crippen molar-refractivity contribution in [2.24, 2.45) is 7.05 Å². The first kappa shape index (κ1) is 13.5. The number of unbranched alkanes of at least 4 members (excludes halogenated alkanes) is 1. The van der Waals surface area contributed by atoms with Crippen molar-refractivity contribution in [3.63, 3.8) is 0 Å². The molecule has 1 aliphatic rings.